The molecule has 1 unspecified atom stereocenters. The van der Waals surface area contributed by atoms with E-state index in [4.69, 9.17) is 0 Å². The first kappa shape index (κ1) is 10.4. The van der Waals surface area contributed by atoms with Crippen molar-refractivity contribution in [1.29, 1.82) is 0 Å². The molecule has 0 amide bonds. The predicted octanol–water partition coefficient (Wildman–Crippen LogP) is 4.01. The van der Waals surface area contributed by atoms with Crippen molar-refractivity contribution in [3.05, 3.63) is 64.7 Å². The number of aryl methyl sites for hydroxylation is 2. The molecule has 0 saturated carbocycles. The third-order valence-electron chi connectivity index (χ3n) is 3.71. The third kappa shape index (κ3) is 1.72. The van der Waals surface area contributed by atoms with Crippen LogP contribution in [0.3, 0.4) is 0 Å². The van der Waals surface area contributed by atoms with Crippen LogP contribution in [0.5, 0.6) is 0 Å². The molecule has 0 spiro atoms. The second-order valence-electron chi connectivity index (χ2n) is 4.86. The van der Waals surface area contributed by atoms with Gasteiger partial charge in [0.05, 0.1) is 6.04 Å². The largest absolute Gasteiger partial charge is 0.378 e. The number of nitrogens with one attached hydrogen (secondary N) is 1. The molecule has 2 aromatic rings. The lowest BCUT2D eigenvalue weighted by Crippen LogP contribution is -2.07. The summed E-state index contributed by atoms with van der Waals surface area (Å²) in [7, 11) is 0. The van der Waals surface area contributed by atoms with Gasteiger partial charge in [-0.2, -0.15) is 0 Å². The lowest BCUT2D eigenvalue weighted by molar-refractivity contribution is 0.813. The Hall–Kier alpha value is -1.76. The van der Waals surface area contributed by atoms with Gasteiger partial charge in [0.1, 0.15) is 0 Å². The van der Waals surface area contributed by atoms with Gasteiger partial charge in [0.25, 0.3) is 0 Å². The van der Waals surface area contributed by atoms with E-state index in [9.17, 15) is 0 Å². The van der Waals surface area contributed by atoms with Crippen LogP contribution in [0.25, 0.3) is 0 Å². The molecule has 2 aromatic carbocycles. The van der Waals surface area contributed by atoms with E-state index in [1.54, 1.807) is 0 Å². The molecule has 1 heteroatoms. The van der Waals surface area contributed by atoms with Crippen molar-refractivity contribution in [1.82, 2.24) is 0 Å². The van der Waals surface area contributed by atoms with Gasteiger partial charge < -0.3 is 5.32 Å². The van der Waals surface area contributed by atoms with E-state index in [1.165, 1.54) is 27.9 Å². The molecule has 0 aromatic heterocycles. The molecule has 0 aliphatic carbocycles. The quantitative estimate of drug-likeness (QED) is 0.770. The Morgan fingerprint density at radius 2 is 1.71 bits per heavy atom. The van der Waals surface area contributed by atoms with Gasteiger partial charge in [-0.3, -0.25) is 0 Å². The second-order valence-corrected chi connectivity index (χ2v) is 4.86. The molecule has 17 heavy (non-hydrogen) atoms. The highest BCUT2D eigenvalue weighted by Gasteiger charge is 2.23. The summed E-state index contributed by atoms with van der Waals surface area (Å²) in [4.78, 5) is 0. The molecular formula is C16H17N. The summed E-state index contributed by atoms with van der Waals surface area (Å²) in [5.74, 6) is 0. The van der Waals surface area contributed by atoms with Crippen LogP contribution in [-0.4, -0.2) is 0 Å². The van der Waals surface area contributed by atoms with Crippen LogP contribution in [0.15, 0.2) is 42.5 Å². The fourth-order valence-electron chi connectivity index (χ4n) is 2.72. The fourth-order valence-corrected chi connectivity index (χ4v) is 2.72. The van der Waals surface area contributed by atoms with Crippen LogP contribution in [0.2, 0.25) is 0 Å². The zero-order valence-corrected chi connectivity index (χ0v) is 10.3. The zero-order valence-electron chi connectivity index (χ0n) is 10.3. The van der Waals surface area contributed by atoms with Gasteiger partial charge in [-0.05, 0) is 48.6 Å². The minimum atomic E-state index is 0.437. The average molecular weight is 223 g/mol. The second kappa shape index (κ2) is 3.92. The summed E-state index contributed by atoms with van der Waals surface area (Å²) < 4.78 is 0. The lowest BCUT2D eigenvalue weighted by atomic mass is 9.97. The molecule has 0 radical (unpaired) electrons. The van der Waals surface area contributed by atoms with Crippen molar-refractivity contribution in [2.45, 2.75) is 26.3 Å². The first-order chi connectivity index (χ1) is 8.25. The predicted molar refractivity (Wildman–Crippen MR) is 72.4 cm³/mol. The topological polar surface area (TPSA) is 12.0 Å². The van der Waals surface area contributed by atoms with Gasteiger partial charge in [-0.1, -0.05) is 36.4 Å². The summed E-state index contributed by atoms with van der Waals surface area (Å²) in [5.41, 5.74) is 6.96. The Morgan fingerprint density at radius 3 is 2.47 bits per heavy atom. The van der Waals surface area contributed by atoms with Crippen molar-refractivity contribution in [2.24, 2.45) is 0 Å². The SMILES string of the molecule is Cc1ccccc1C1Cc2c(C)cccc2N1. The monoisotopic (exact) mass is 223 g/mol. The van der Waals surface area contributed by atoms with Gasteiger partial charge in [0.15, 0.2) is 0 Å². The van der Waals surface area contributed by atoms with E-state index in [0.29, 0.717) is 6.04 Å². The van der Waals surface area contributed by atoms with Crippen molar-refractivity contribution < 1.29 is 0 Å². The minimum Gasteiger partial charge on any atom is -0.378 e. The van der Waals surface area contributed by atoms with Gasteiger partial charge in [0.2, 0.25) is 0 Å². The minimum absolute atomic E-state index is 0.437. The fraction of sp³-hybridized carbons (Fsp3) is 0.250. The Balaban J connectivity index is 1.97. The summed E-state index contributed by atoms with van der Waals surface area (Å²) in [6, 6.07) is 15.6. The van der Waals surface area contributed by atoms with Gasteiger partial charge in [0, 0.05) is 5.69 Å². The maximum Gasteiger partial charge on any atom is 0.0557 e. The summed E-state index contributed by atoms with van der Waals surface area (Å²) >= 11 is 0. The first-order valence-electron chi connectivity index (χ1n) is 6.16. The van der Waals surface area contributed by atoms with Gasteiger partial charge >= 0.3 is 0 Å². The van der Waals surface area contributed by atoms with Crippen LogP contribution in [0, 0.1) is 13.8 Å². The number of rotatable bonds is 1. The standard InChI is InChI=1S/C16H17N/c1-11-6-3-4-8-13(11)16-10-14-12(2)7-5-9-15(14)17-16/h3-9,16-17H,10H2,1-2H3. The molecule has 1 aliphatic heterocycles. The first-order valence-corrected chi connectivity index (χ1v) is 6.16. The molecule has 1 heterocycles. The molecule has 86 valence electrons. The van der Waals surface area contributed by atoms with E-state index in [2.05, 4.69) is 61.6 Å². The average Bonchev–Trinajstić information content (AvgIpc) is 2.75. The molecule has 1 atom stereocenters. The number of fused-ring (bicyclic) bond motifs is 1. The normalized spacial score (nSPS) is 17.6. The van der Waals surface area contributed by atoms with E-state index in [-0.39, 0.29) is 0 Å². The number of hydrogen-bond acceptors (Lipinski definition) is 1. The van der Waals surface area contributed by atoms with Crippen LogP contribution in [0.4, 0.5) is 5.69 Å². The molecular weight excluding hydrogens is 206 g/mol. The molecule has 3 rings (SSSR count). The lowest BCUT2D eigenvalue weighted by Gasteiger charge is -2.14. The Bertz CT molecular complexity index is 557. The maximum atomic E-state index is 3.63. The van der Waals surface area contributed by atoms with Crippen LogP contribution >= 0.6 is 0 Å². The molecule has 0 fully saturated rings. The summed E-state index contributed by atoms with van der Waals surface area (Å²) in [5, 5.41) is 3.63. The van der Waals surface area contributed by atoms with Crippen LogP contribution in [-0.2, 0) is 6.42 Å². The molecule has 1 aliphatic rings. The van der Waals surface area contributed by atoms with Gasteiger partial charge in [-0.25, -0.2) is 0 Å². The molecule has 1 nitrogen and oxygen atoms in total. The maximum absolute atomic E-state index is 3.63. The molecule has 0 saturated heterocycles. The Morgan fingerprint density at radius 1 is 0.941 bits per heavy atom. The highest BCUT2D eigenvalue weighted by atomic mass is 14.9. The van der Waals surface area contributed by atoms with Gasteiger partial charge in [-0.15, -0.1) is 0 Å². The Kier molecular flexibility index (Phi) is 2.40. The Labute approximate surface area is 102 Å². The smallest absolute Gasteiger partial charge is 0.0557 e. The van der Waals surface area contributed by atoms with E-state index in [1.807, 2.05) is 0 Å². The van der Waals surface area contributed by atoms with Crippen molar-refractivity contribution in [2.75, 3.05) is 5.32 Å². The van der Waals surface area contributed by atoms with Crippen LogP contribution in [0.1, 0.15) is 28.3 Å². The zero-order chi connectivity index (χ0) is 11.8. The van der Waals surface area contributed by atoms with Crippen molar-refractivity contribution in [3.8, 4) is 0 Å². The highest BCUT2D eigenvalue weighted by molar-refractivity contribution is 5.61. The molecule has 0 bridgehead atoms. The highest BCUT2D eigenvalue weighted by Crippen LogP contribution is 2.36. The van der Waals surface area contributed by atoms with Crippen molar-refractivity contribution in [3.63, 3.8) is 0 Å². The number of benzene rings is 2. The summed E-state index contributed by atoms with van der Waals surface area (Å²) in [6.45, 7) is 4.38. The third-order valence-corrected chi connectivity index (χ3v) is 3.71. The van der Waals surface area contributed by atoms with E-state index < -0.39 is 0 Å². The van der Waals surface area contributed by atoms with Crippen LogP contribution < -0.4 is 5.32 Å². The van der Waals surface area contributed by atoms with Crippen molar-refractivity contribution >= 4 is 5.69 Å². The van der Waals surface area contributed by atoms with E-state index >= 15 is 0 Å². The molecule has 1 N–H and O–H groups in total. The summed E-state index contributed by atoms with van der Waals surface area (Å²) in [6.07, 6.45) is 1.10. The number of anilines is 1. The van der Waals surface area contributed by atoms with E-state index in [0.717, 1.165) is 6.42 Å². The number of hydrogen-bond donors (Lipinski definition) is 1.